The molecule has 0 atom stereocenters. The first-order valence-electron chi connectivity index (χ1n) is 7.86. The molecular formula is C20H20BrN3. The molecule has 3 aromatic rings. The molecule has 122 valence electrons. The molecule has 4 heteroatoms. The number of hydrazone groups is 1. The summed E-state index contributed by atoms with van der Waals surface area (Å²) >= 11 is 3.62. The van der Waals surface area contributed by atoms with E-state index in [-0.39, 0.29) is 0 Å². The maximum atomic E-state index is 4.35. The number of hydrogen-bond donors (Lipinski definition) is 1. The van der Waals surface area contributed by atoms with E-state index in [1.54, 1.807) is 0 Å². The SMILES string of the molecule is Cc1ccc(-n2c(C)cc(/C=N\Nc3ccccc3)c2C)cc1Br. The van der Waals surface area contributed by atoms with Crippen LogP contribution in [0.25, 0.3) is 5.69 Å². The molecular weight excluding hydrogens is 362 g/mol. The highest BCUT2D eigenvalue weighted by Crippen LogP contribution is 2.24. The number of nitrogens with one attached hydrogen (secondary N) is 1. The number of anilines is 1. The molecule has 2 aromatic carbocycles. The van der Waals surface area contributed by atoms with E-state index in [1.165, 1.54) is 17.0 Å². The fraction of sp³-hybridized carbons (Fsp3) is 0.150. The lowest BCUT2D eigenvalue weighted by Crippen LogP contribution is -2.00. The zero-order valence-electron chi connectivity index (χ0n) is 14.0. The molecule has 3 rings (SSSR count). The van der Waals surface area contributed by atoms with Gasteiger partial charge in [0.1, 0.15) is 0 Å². The summed E-state index contributed by atoms with van der Waals surface area (Å²) < 4.78 is 3.36. The Balaban J connectivity index is 1.87. The zero-order chi connectivity index (χ0) is 17.1. The van der Waals surface area contributed by atoms with E-state index in [2.05, 4.69) is 76.1 Å². The number of halogens is 1. The Bertz CT molecular complexity index is 879. The molecule has 0 unspecified atom stereocenters. The first-order chi connectivity index (χ1) is 11.6. The van der Waals surface area contributed by atoms with Crippen molar-refractivity contribution in [3.63, 3.8) is 0 Å². The average molecular weight is 382 g/mol. The summed E-state index contributed by atoms with van der Waals surface area (Å²) in [6.07, 6.45) is 1.87. The number of para-hydroxylation sites is 1. The van der Waals surface area contributed by atoms with E-state index in [0.29, 0.717) is 0 Å². The average Bonchev–Trinajstić information content (AvgIpc) is 2.85. The van der Waals surface area contributed by atoms with E-state index in [0.717, 1.165) is 21.4 Å². The second-order valence-electron chi connectivity index (χ2n) is 5.83. The van der Waals surface area contributed by atoms with Gasteiger partial charge in [0.2, 0.25) is 0 Å². The summed E-state index contributed by atoms with van der Waals surface area (Å²) in [6, 6.07) is 18.5. The van der Waals surface area contributed by atoms with Crippen LogP contribution in [0.1, 0.15) is 22.5 Å². The summed E-state index contributed by atoms with van der Waals surface area (Å²) in [5.74, 6) is 0. The van der Waals surface area contributed by atoms with Crippen molar-refractivity contribution in [2.75, 3.05) is 5.43 Å². The molecule has 0 aliphatic carbocycles. The number of aryl methyl sites for hydroxylation is 2. The molecule has 0 spiro atoms. The van der Waals surface area contributed by atoms with E-state index < -0.39 is 0 Å². The van der Waals surface area contributed by atoms with Crippen molar-refractivity contribution in [1.82, 2.24) is 4.57 Å². The molecule has 3 nitrogen and oxygen atoms in total. The summed E-state index contributed by atoms with van der Waals surface area (Å²) in [6.45, 7) is 6.32. The van der Waals surface area contributed by atoms with Gasteiger partial charge in [0.25, 0.3) is 0 Å². The van der Waals surface area contributed by atoms with Gasteiger partial charge in [-0.25, -0.2) is 0 Å². The molecule has 0 aliphatic heterocycles. The standard InChI is InChI=1S/C20H20BrN3/c1-14-9-10-19(12-20(14)21)24-15(2)11-17(16(24)3)13-22-23-18-7-5-4-6-8-18/h4-13,23H,1-3H3/b22-13-. The summed E-state index contributed by atoms with van der Waals surface area (Å²) in [5, 5.41) is 4.35. The third kappa shape index (κ3) is 3.44. The third-order valence-corrected chi connectivity index (χ3v) is 4.91. The molecule has 0 saturated carbocycles. The maximum absolute atomic E-state index is 4.35. The van der Waals surface area contributed by atoms with Crippen LogP contribution in [-0.4, -0.2) is 10.8 Å². The number of benzene rings is 2. The van der Waals surface area contributed by atoms with E-state index in [1.807, 2.05) is 36.5 Å². The first-order valence-corrected chi connectivity index (χ1v) is 8.65. The van der Waals surface area contributed by atoms with Crippen LogP contribution in [-0.2, 0) is 0 Å². The largest absolute Gasteiger partial charge is 0.318 e. The van der Waals surface area contributed by atoms with Gasteiger partial charge in [0.05, 0.1) is 11.9 Å². The van der Waals surface area contributed by atoms with Gasteiger partial charge in [-0.2, -0.15) is 5.10 Å². The Kier molecular flexibility index (Phi) is 4.86. The van der Waals surface area contributed by atoms with Crippen LogP contribution in [0.2, 0.25) is 0 Å². The van der Waals surface area contributed by atoms with Gasteiger partial charge in [0.15, 0.2) is 0 Å². The van der Waals surface area contributed by atoms with Crippen molar-refractivity contribution in [3.8, 4) is 5.69 Å². The molecule has 0 bridgehead atoms. The van der Waals surface area contributed by atoms with Gasteiger partial charge in [-0.05, 0) is 56.7 Å². The van der Waals surface area contributed by atoms with E-state index in [9.17, 15) is 0 Å². The molecule has 1 N–H and O–H groups in total. The van der Waals surface area contributed by atoms with Crippen molar-refractivity contribution in [3.05, 3.63) is 81.6 Å². The normalized spacial score (nSPS) is 11.2. The molecule has 0 radical (unpaired) electrons. The molecule has 1 aromatic heterocycles. The van der Waals surface area contributed by atoms with Crippen molar-refractivity contribution < 1.29 is 0 Å². The van der Waals surface area contributed by atoms with Gasteiger partial charge in [-0.1, -0.05) is 40.2 Å². The maximum Gasteiger partial charge on any atom is 0.0562 e. The number of rotatable bonds is 4. The van der Waals surface area contributed by atoms with Gasteiger partial charge < -0.3 is 4.57 Å². The monoisotopic (exact) mass is 381 g/mol. The van der Waals surface area contributed by atoms with Gasteiger partial charge in [-0.15, -0.1) is 0 Å². The van der Waals surface area contributed by atoms with Crippen LogP contribution < -0.4 is 5.43 Å². The Morgan fingerprint density at radius 1 is 1.00 bits per heavy atom. The summed E-state index contributed by atoms with van der Waals surface area (Å²) in [5.41, 5.74) is 9.87. The smallest absolute Gasteiger partial charge is 0.0562 e. The van der Waals surface area contributed by atoms with Crippen molar-refractivity contribution >= 4 is 27.8 Å². The van der Waals surface area contributed by atoms with Gasteiger partial charge in [-0.3, -0.25) is 5.43 Å². The van der Waals surface area contributed by atoms with Crippen LogP contribution in [0.15, 0.2) is 64.2 Å². The molecule has 0 aliphatic rings. The molecule has 1 heterocycles. The Morgan fingerprint density at radius 2 is 1.75 bits per heavy atom. The fourth-order valence-corrected chi connectivity index (χ4v) is 3.09. The fourth-order valence-electron chi connectivity index (χ4n) is 2.73. The third-order valence-electron chi connectivity index (χ3n) is 4.05. The van der Waals surface area contributed by atoms with Crippen LogP contribution in [0, 0.1) is 20.8 Å². The van der Waals surface area contributed by atoms with Crippen LogP contribution in [0.4, 0.5) is 5.69 Å². The van der Waals surface area contributed by atoms with Crippen LogP contribution >= 0.6 is 15.9 Å². The number of aromatic nitrogens is 1. The van der Waals surface area contributed by atoms with Crippen molar-refractivity contribution in [1.29, 1.82) is 0 Å². The predicted molar refractivity (Wildman–Crippen MR) is 105 cm³/mol. The summed E-state index contributed by atoms with van der Waals surface area (Å²) in [7, 11) is 0. The van der Waals surface area contributed by atoms with Gasteiger partial charge in [0, 0.05) is 27.1 Å². The highest BCUT2D eigenvalue weighted by Gasteiger charge is 2.10. The minimum Gasteiger partial charge on any atom is -0.318 e. The Hall–Kier alpha value is -2.33. The lowest BCUT2D eigenvalue weighted by atomic mass is 10.2. The second-order valence-corrected chi connectivity index (χ2v) is 6.69. The topological polar surface area (TPSA) is 29.3 Å². The highest BCUT2D eigenvalue weighted by molar-refractivity contribution is 9.10. The van der Waals surface area contributed by atoms with Gasteiger partial charge >= 0.3 is 0 Å². The van der Waals surface area contributed by atoms with Crippen LogP contribution in [0.5, 0.6) is 0 Å². The van der Waals surface area contributed by atoms with Crippen molar-refractivity contribution in [2.45, 2.75) is 20.8 Å². The lowest BCUT2D eigenvalue weighted by Gasteiger charge is -2.11. The quantitative estimate of drug-likeness (QED) is 0.461. The predicted octanol–water partition coefficient (Wildman–Crippen LogP) is 5.61. The Morgan fingerprint density at radius 3 is 2.46 bits per heavy atom. The first kappa shape index (κ1) is 16.5. The minimum absolute atomic E-state index is 0.977. The van der Waals surface area contributed by atoms with Crippen LogP contribution in [0.3, 0.4) is 0 Å². The summed E-state index contributed by atoms with van der Waals surface area (Å²) in [4.78, 5) is 0. The molecule has 0 fully saturated rings. The molecule has 0 amide bonds. The van der Waals surface area contributed by atoms with E-state index >= 15 is 0 Å². The van der Waals surface area contributed by atoms with Crippen molar-refractivity contribution in [2.24, 2.45) is 5.10 Å². The molecule has 24 heavy (non-hydrogen) atoms. The zero-order valence-corrected chi connectivity index (χ0v) is 15.6. The number of nitrogens with zero attached hydrogens (tertiary/aromatic N) is 2. The second kappa shape index (κ2) is 7.05. The molecule has 0 saturated heterocycles. The lowest BCUT2D eigenvalue weighted by molar-refractivity contribution is 0.962. The Labute approximate surface area is 151 Å². The van der Waals surface area contributed by atoms with E-state index in [4.69, 9.17) is 0 Å². The number of hydrogen-bond acceptors (Lipinski definition) is 2. The highest BCUT2D eigenvalue weighted by atomic mass is 79.9. The minimum atomic E-state index is 0.977.